The van der Waals surface area contributed by atoms with Gasteiger partial charge in [0.25, 0.3) is 0 Å². The van der Waals surface area contributed by atoms with E-state index in [0.29, 0.717) is 5.92 Å². The van der Waals surface area contributed by atoms with Gasteiger partial charge in [-0.15, -0.1) is 11.6 Å². The van der Waals surface area contributed by atoms with Gasteiger partial charge in [0.2, 0.25) is 0 Å². The summed E-state index contributed by atoms with van der Waals surface area (Å²) in [6.45, 7) is 8.03. The molecule has 18 heavy (non-hydrogen) atoms. The van der Waals surface area contributed by atoms with Gasteiger partial charge in [-0.2, -0.15) is 0 Å². The van der Waals surface area contributed by atoms with Gasteiger partial charge in [0.05, 0.1) is 0 Å². The van der Waals surface area contributed by atoms with Crippen molar-refractivity contribution in [1.82, 2.24) is 4.90 Å². The highest BCUT2D eigenvalue weighted by Gasteiger charge is 2.21. The van der Waals surface area contributed by atoms with Gasteiger partial charge in [-0.25, -0.2) is 0 Å². The summed E-state index contributed by atoms with van der Waals surface area (Å²) in [7, 11) is 0. The molecule has 0 amide bonds. The van der Waals surface area contributed by atoms with E-state index in [0.717, 1.165) is 18.3 Å². The van der Waals surface area contributed by atoms with Crippen molar-refractivity contribution >= 4 is 11.6 Å². The van der Waals surface area contributed by atoms with E-state index in [4.69, 9.17) is 11.6 Å². The molecule has 0 bridgehead atoms. The number of halogens is 1. The average Bonchev–Trinajstić information content (AvgIpc) is 2.78. The minimum absolute atomic E-state index is 0.624. The molecule has 100 valence electrons. The zero-order valence-electron chi connectivity index (χ0n) is 11.5. The van der Waals surface area contributed by atoms with Crippen LogP contribution in [0.1, 0.15) is 43.7 Å². The number of likely N-dealkylation sites (tertiary alicyclic amines) is 1. The molecule has 1 aromatic rings. The lowest BCUT2D eigenvalue weighted by Crippen LogP contribution is -2.20. The van der Waals surface area contributed by atoms with Crippen LogP contribution in [-0.4, -0.2) is 23.9 Å². The van der Waals surface area contributed by atoms with Crippen LogP contribution in [0.2, 0.25) is 0 Å². The third kappa shape index (κ3) is 3.73. The Bertz CT molecular complexity index is 358. The van der Waals surface area contributed by atoms with Crippen LogP contribution in [0.15, 0.2) is 24.3 Å². The maximum Gasteiger partial charge on any atom is 0.0233 e. The van der Waals surface area contributed by atoms with E-state index in [9.17, 15) is 0 Å². The molecule has 2 rings (SSSR count). The number of rotatable bonds is 5. The fourth-order valence-electron chi connectivity index (χ4n) is 2.71. The number of hydrogen-bond donors (Lipinski definition) is 0. The number of hydrogen-bond acceptors (Lipinski definition) is 1. The van der Waals surface area contributed by atoms with E-state index in [-0.39, 0.29) is 0 Å². The number of benzene rings is 1. The van der Waals surface area contributed by atoms with E-state index >= 15 is 0 Å². The first-order chi connectivity index (χ1) is 8.69. The third-order valence-corrected chi connectivity index (χ3v) is 4.16. The SMILES string of the molecule is CC(C)c1ccc(CN2CCC(CCCl)C2)cc1. The summed E-state index contributed by atoms with van der Waals surface area (Å²) >= 11 is 5.82. The van der Waals surface area contributed by atoms with Crippen LogP contribution in [0.3, 0.4) is 0 Å². The van der Waals surface area contributed by atoms with Gasteiger partial charge in [0.15, 0.2) is 0 Å². The Balaban J connectivity index is 1.86. The van der Waals surface area contributed by atoms with E-state index in [1.54, 1.807) is 0 Å². The molecule has 0 aromatic heterocycles. The normalized spacial score (nSPS) is 20.8. The number of alkyl halides is 1. The summed E-state index contributed by atoms with van der Waals surface area (Å²) < 4.78 is 0. The van der Waals surface area contributed by atoms with Gasteiger partial charge in [0, 0.05) is 19.0 Å². The van der Waals surface area contributed by atoms with E-state index in [1.807, 2.05) is 0 Å². The van der Waals surface area contributed by atoms with Crippen molar-refractivity contribution in [2.24, 2.45) is 5.92 Å². The number of nitrogens with zero attached hydrogens (tertiary/aromatic N) is 1. The minimum atomic E-state index is 0.624. The van der Waals surface area contributed by atoms with Gasteiger partial charge in [-0.05, 0) is 42.3 Å². The van der Waals surface area contributed by atoms with Gasteiger partial charge >= 0.3 is 0 Å². The van der Waals surface area contributed by atoms with Gasteiger partial charge in [-0.3, -0.25) is 4.90 Å². The first kappa shape index (κ1) is 13.9. The van der Waals surface area contributed by atoms with Crippen molar-refractivity contribution in [3.05, 3.63) is 35.4 Å². The highest BCUT2D eigenvalue weighted by Crippen LogP contribution is 2.22. The smallest absolute Gasteiger partial charge is 0.0233 e. The second-order valence-corrected chi connectivity index (χ2v) is 6.14. The minimum Gasteiger partial charge on any atom is -0.299 e. The molecule has 0 radical (unpaired) electrons. The van der Waals surface area contributed by atoms with Crippen molar-refractivity contribution in [3.63, 3.8) is 0 Å². The molecule has 1 saturated heterocycles. The molecule has 1 atom stereocenters. The van der Waals surface area contributed by atoms with Crippen molar-refractivity contribution < 1.29 is 0 Å². The molecule has 1 heterocycles. The molecule has 1 fully saturated rings. The summed E-state index contributed by atoms with van der Waals surface area (Å²) in [6, 6.07) is 9.10. The topological polar surface area (TPSA) is 3.24 Å². The van der Waals surface area contributed by atoms with E-state index in [2.05, 4.69) is 43.0 Å². The molecule has 1 aromatic carbocycles. The van der Waals surface area contributed by atoms with Crippen molar-refractivity contribution in [1.29, 1.82) is 0 Å². The predicted octanol–water partition coefficient (Wildman–Crippen LogP) is 4.26. The van der Waals surface area contributed by atoms with Crippen LogP contribution >= 0.6 is 11.6 Å². The Morgan fingerprint density at radius 1 is 1.28 bits per heavy atom. The van der Waals surface area contributed by atoms with Crippen LogP contribution in [0.25, 0.3) is 0 Å². The predicted molar refractivity (Wildman–Crippen MR) is 79.3 cm³/mol. The summed E-state index contributed by atoms with van der Waals surface area (Å²) in [5, 5.41) is 0. The molecule has 0 N–H and O–H groups in total. The van der Waals surface area contributed by atoms with Crippen molar-refractivity contribution in [2.75, 3.05) is 19.0 Å². The second-order valence-electron chi connectivity index (χ2n) is 5.76. The maximum atomic E-state index is 5.82. The zero-order chi connectivity index (χ0) is 13.0. The Hall–Kier alpha value is -0.530. The summed E-state index contributed by atoms with van der Waals surface area (Å²) in [6.07, 6.45) is 2.49. The quantitative estimate of drug-likeness (QED) is 0.719. The van der Waals surface area contributed by atoms with E-state index in [1.165, 1.54) is 37.1 Å². The first-order valence-corrected chi connectivity index (χ1v) is 7.59. The molecule has 1 nitrogen and oxygen atoms in total. The Morgan fingerprint density at radius 2 is 2.00 bits per heavy atom. The van der Waals surface area contributed by atoms with E-state index < -0.39 is 0 Å². The highest BCUT2D eigenvalue weighted by molar-refractivity contribution is 6.17. The Kier molecular flexibility index (Phi) is 5.08. The van der Waals surface area contributed by atoms with Gasteiger partial charge in [-0.1, -0.05) is 38.1 Å². The monoisotopic (exact) mass is 265 g/mol. The lowest BCUT2D eigenvalue weighted by atomic mass is 10.0. The zero-order valence-corrected chi connectivity index (χ0v) is 12.3. The molecule has 0 aliphatic carbocycles. The van der Waals surface area contributed by atoms with Gasteiger partial charge < -0.3 is 0 Å². The van der Waals surface area contributed by atoms with Crippen molar-refractivity contribution in [2.45, 2.75) is 39.2 Å². The standard InChI is InChI=1S/C16H24ClN/c1-13(2)16-5-3-14(4-6-16)11-18-10-8-15(12-18)7-9-17/h3-6,13,15H,7-12H2,1-2H3. The van der Waals surface area contributed by atoms with Crippen LogP contribution in [-0.2, 0) is 6.54 Å². The second kappa shape index (κ2) is 6.58. The largest absolute Gasteiger partial charge is 0.299 e. The average molecular weight is 266 g/mol. The van der Waals surface area contributed by atoms with Crippen LogP contribution in [0.4, 0.5) is 0 Å². The Morgan fingerprint density at radius 3 is 2.61 bits per heavy atom. The summed E-state index contributed by atoms with van der Waals surface area (Å²) in [5.41, 5.74) is 2.87. The molecular weight excluding hydrogens is 242 g/mol. The highest BCUT2D eigenvalue weighted by atomic mass is 35.5. The first-order valence-electron chi connectivity index (χ1n) is 7.06. The maximum absolute atomic E-state index is 5.82. The molecule has 0 spiro atoms. The molecular formula is C16H24ClN. The molecule has 0 saturated carbocycles. The summed E-state index contributed by atoms with van der Waals surface area (Å²) in [4.78, 5) is 2.56. The van der Waals surface area contributed by atoms with Gasteiger partial charge in [0.1, 0.15) is 0 Å². The molecule has 1 aliphatic heterocycles. The molecule has 2 heteroatoms. The fourth-order valence-corrected chi connectivity index (χ4v) is 3.02. The van der Waals surface area contributed by atoms with Crippen LogP contribution in [0, 0.1) is 5.92 Å². The third-order valence-electron chi connectivity index (χ3n) is 3.94. The van der Waals surface area contributed by atoms with Crippen molar-refractivity contribution in [3.8, 4) is 0 Å². The van der Waals surface area contributed by atoms with Crippen LogP contribution in [0.5, 0.6) is 0 Å². The summed E-state index contributed by atoms with van der Waals surface area (Å²) in [5.74, 6) is 2.25. The Labute approximate surface area is 116 Å². The van der Waals surface area contributed by atoms with Crippen LogP contribution < -0.4 is 0 Å². The molecule has 1 unspecified atom stereocenters. The lowest BCUT2D eigenvalue weighted by molar-refractivity contribution is 0.315. The lowest BCUT2D eigenvalue weighted by Gasteiger charge is -2.16. The fraction of sp³-hybridized carbons (Fsp3) is 0.625. The molecule has 1 aliphatic rings.